The van der Waals surface area contributed by atoms with Crippen LogP contribution in [0.3, 0.4) is 0 Å². The highest BCUT2D eigenvalue weighted by Crippen LogP contribution is 2.23. The lowest BCUT2D eigenvalue weighted by Gasteiger charge is -2.30. The van der Waals surface area contributed by atoms with E-state index in [1.807, 2.05) is 13.0 Å². The Bertz CT molecular complexity index is 873. The number of benzene rings is 1. The lowest BCUT2D eigenvalue weighted by Crippen LogP contribution is -2.40. The number of amides is 1. The van der Waals surface area contributed by atoms with E-state index >= 15 is 0 Å². The zero-order valence-electron chi connectivity index (χ0n) is 16.0. The fraction of sp³-hybridized carbons (Fsp3) is 0.429. The van der Waals surface area contributed by atoms with Gasteiger partial charge in [-0.15, -0.1) is 0 Å². The molecule has 1 atom stereocenters. The Labute approximate surface area is 163 Å². The molecule has 0 saturated carbocycles. The van der Waals surface area contributed by atoms with Crippen LogP contribution in [-0.2, 0) is 16.1 Å². The maximum Gasteiger partial charge on any atom is 0.359 e. The van der Waals surface area contributed by atoms with Crippen LogP contribution >= 0.6 is 0 Å². The van der Waals surface area contributed by atoms with Crippen molar-refractivity contribution in [2.24, 2.45) is 0 Å². The summed E-state index contributed by atoms with van der Waals surface area (Å²) in [5.41, 5.74) is 0.358. The van der Waals surface area contributed by atoms with Crippen LogP contribution < -0.4 is 5.56 Å². The second kappa shape index (κ2) is 9.30. The molecule has 28 heavy (non-hydrogen) atoms. The molecule has 0 bridgehead atoms. The first-order valence-electron chi connectivity index (χ1n) is 9.73. The Hall–Kier alpha value is -2.96. The molecule has 1 saturated heterocycles. The maximum atomic E-state index is 13.1. The summed E-state index contributed by atoms with van der Waals surface area (Å²) in [6, 6.07) is 11.6. The summed E-state index contributed by atoms with van der Waals surface area (Å²) < 4.78 is 6.84. The minimum Gasteiger partial charge on any atom is -0.443 e. The van der Waals surface area contributed by atoms with E-state index in [9.17, 15) is 14.4 Å². The summed E-state index contributed by atoms with van der Waals surface area (Å²) in [6.07, 6.45) is 2.68. The Morgan fingerprint density at radius 2 is 1.79 bits per heavy atom. The highest BCUT2D eigenvalue weighted by molar-refractivity contribution is 5.91. The summed E-state index contributed by atoms with van der Waals surface area (Å²) in [6.45, 7) is 3.66. The van der Waals surface area contributed by atoms with E-state index in [2.05, 4.69) is 5.10 Å². The van der Waals surface area contributed by atoms with Crippen molar-refractivity contribution >= 4 is 11.9 Å². The van der Waals surface area contributed by atoms with Crippen molar-refractivity contribution in [3.05, 3.63) is 64.1 Å². The molecular formula is C21H25N3O4. The first-order valence-corrected chi connectivity index (χ1v) is 9.73. The van der Waals surface area contributed by atoms with Gasteiger partial charge >= 0.3 is 5.97 Å². The summed E-state index contributed by atoms with van der Waals surface area (Å²) in [4.78, 5) is 39.4. The number of esters is 1. The maximum absolute atomic E-state index is 13.1. The zero-order valence-corrected chi connectivity index (χ0v) is 16.0. The molecule has 3 rings (SSSR count). The molecular weight excluding hydrogens is 358 g/mol. The van der Waals surface area contributed by atoms with Gasteiger partial charge in [0.05, 0.1) is 0 Å². The van der Waals surface area contributed by atoms with E-state index < -0.39 is 12.1 Å². The fourth-order valence-electron chi connectivity index (χ4n) is 3.27. The number of nitrogens with zero attached hydrogens (tertiary/aromatic N) is 3. The minimum atomic E-state index is -1.03. The average Bonchev–Trinajstić information content (AvgIpc) is 2.74. The lowest BCUT2D eigenvalue weighted by molar-refractivity contribution is -0.142. The third-order valence-corrected chi connectivity index (χ3v) is 4.73. The molecule has 0 N–H and O–H groups in total. The third kappa shape index (κ3) is 4.65. The number of hydrogen-bond donors (Lipinski definition) is 0. The van der Waals surface area contributed by atoms with E-state index in [1.54, 1.807) is 29.2 Å². The van der Waals surface area contributed by atoms with Crippen LogP contribution in [0.1, 0.15) is 54.8 Å². The van der Waals surface area contributed by atoms with Gasteiger partial charge in [-0.25, -0.2) is 9.48 Å². The number of aryl methyl sites for hydroxylation is 1. The summed E-state index contributed by atoms with van der Waals surface area (Å²) in [5.74, 6) is -0.940. The summed E-state index contributed by atoms with van der Waals surface area (Å²) in [5, 5.41) is 4.09. The van der Waals surface area contributed by atoms with Gasteiger partial charge in [-0.3, -0.25) is 9.59 Å². The standard InChI is InChI=1S/C21H25N3O4/c1-2-13-24-18(25)12-11-17(22-24)21(27)28-19(16-9-5-3-6-10-16)20(26)23-14-7-4-8-15-23/h3,5-6,9-12,19H,2,4,7-8,13-15H2,1H3. The van der Waals surface area contributed by atoms with Crippen molar-refractivity contribution in [1.29, 1.82) is 0 Å². The molecule has 0 spiro atoms. The van der Waals surface area contributed by atoms with E-state index in [4.69, 9.17) is 4.74 Å². The third-order valence-electron chi connectivity index (χ3n) is 4.73. The van der Waals surface area contributed by atoms with Gasteiger partial charge in [0.25, 0.3) is 11.5 Å². The van der Waals surface area contributed by atoms with Crippen LogP contribution in [0, 0.1) is 0 Å². The van der Waals surface area contributed by atoms with Crippen molar-refractivity contribution in [3.63, 3.8) is 0 Å². The molecule has 1 fully saturated rings. The van der Waals surface area contributed by atoms with E-state index in [-0.39, 0.29) is 17.2 Å². The minimum absolute atomic E-state index is 0.0143. The Balaban J connectivity index is 1.85. The fourth-order valence-corrected chi connectivity index (χ4v) is 3.27. The van der Waals surface area contributed by atoms with Crippen LogP contribution in [0.15, 0.2) is 47.3 Å². The van der Waals surface area contributed by atoms with Gasteiger partial charge in [-0.1, -0.05) is 37.3 Å². The first kappa shape index (κ1) is 19.8. The van der Waals surface area contributed by atoms with Crippen LogP contribution in [0.5, 0.6) is 0 Å². The smallest absolute Gasteiger partial charge is 0.359 e. The normalized spacial score (nSPS) is 15.1. The molecule has 7 nitrogen and oxygen atoms in total. The number of rotatable bonds is 6. The number of ether oxygens (including phenoxy) is 1. The monoisotopic (exact) mass is 383 g/mol. The SMILES string of the molecule is CCCn1nc(C(=O)OC(C(=O)N2CCCCC2)c2ccccc2)ccc1=O. The van der Waals surface area contributed by atoms with Gasteiger partial charge in [0, 0.05) is 31.3 Å². The Morgan fingerprint density at radius 1 is 1.07 bits per heavy atom. The lowest BCUT2D eigenvalue weighted by atomic mass is 10.1. The van der Waals surface area contributed by atoms with Gasteiger partial charge in [-0.2, -0.15) is 5.10 Å². The quantitative estimate of drug-likeness (QED) is 0.716. The molecule has 1 aromatic carbocycles. The second-order valence-electron chi connectivity index (χ2n) is 6.86. The van der Waals surface area contributed by atoms with Gasteiger partial charge in [0.1, 0.15) is 0 Å². The van der Waals surface area contributed by atoms with Gasteiger partial charge in [0.2, 0.25) is 6.10 Å². The molecule has 1 unspecified atom stereocenters. The second-order valence-corrected chi connectivity index (χ2v) is 6.86. The van der Waals surface area contributed by atoms with Crippen LogP contribution in [0.25, 0.3) is 0 Å². The van der Waals surface area contributed by atoms with E-state index in [0.717, 1.165) is 19.3 Å². The molecule has 1 aromatic heterocycles. The molecule has 0 aliphatic carbocycles. The number of carbonyl (C=O) groups is 2. The highest BCUT2D eigenvalue weighted by Gasteiger charge is 2.31. The van der Waals surface area contributed by atoms with Crippen molar-refractivity contribution in [3.8, 4) is 0 Å². The highest BCUT2D eigenvalue weighted by atomic mass is 16.5. The molecule has 0 radical (unpaired) electrons. The Kier molecular flexibility index (Phi) is 6.57. The molecule has 1 amide bonds. The van der Waals surface area contributed by atoms with Gasteiger partial charge in [0.15, 0.2) is 5.69 Å². The van der Waals surface area contributed by atoms with Crippen molar-refractivity contribution in [1.82, 2.24) is 14.7 Å². The van der Waals surface area contributed by atoms with Crippen LogP contribution in [0.2, 0.25) is 0 Å². The molecule has 2 heterocycles. The number of carbonyl (C=O) groups excluding carboxylic acids is 2. The first-order chi connectivity index (χ1) is 13.6. The number of likely N-dealkylation sites (tertiary alicyclic amines) is 1. The predicted molar refractivity (Wildman–Crippen MR) is 104 cm³/mol. The molecule has 1 aliphatic rings. The topological polar surface area (TPSA) is 81.5 Å². The van der Waals surface area contributed by atoms with Crippen molar-refractivity contribution < 1.29 is 14.3 Å². The molecule has 2 aromatic rings. The Morgan fingerprint density at radius 3 is 2.46 bits per heavy atom. The summed E-state index contributed by atoms with van der Waals surface area (Å²) in [7, 11) is 0. The van der Waals surface area contributed by atoms with Crippen LogP contribution in [-0.4, -0.2) is 39.6 Å². The van der Waals surface area contributed by atoms with E-state index in [1.165, 1.54) is 16.8 Å². The molecule has 1 aliphatic heterocycles. The van der Waals surface area contributed by atoms with Crippen molar-refractivity contribution in [2.75, 3.05) is 13.1 Å². The van der Waals surface area contributed by atoms with E-state index in [0.29, 0.717) is 31.6 Å². The molecule has 7 heteroatoms. The predicted octanol–water partition coefficient (Wildman–Crippen LogP) is 2.56. The number of hydrogen-bond acceptors (Lipinski definition) is 5. The van der Waals surface area contributed by atoms with Crippen LogP contribution in [0.4, 0.5) is 0 Å². The number of aromatic nitrogens is 2. The average molecular weight is 383 g/mol. The summed E-state index contributed by atoms with van der Waals surface area (Å²) >= 11 is 0. The number of piperidine rings is 1. The van der Waals surface area contributed by atoms with Crippen molar-refractivity contribution in [2.45, 2.75) is 45.3 Å². The van der Waals surface area contributed by atoms with Gasteiger partial charge < -0.3 is 9.64 Å². The zero-order chi connectivity index (χ0) is 19.9. The van der Waals surface area contributed by atoms with Gasteiger partial charge in [-0.05, 0) is 31.7 Å². The molecule has 148 valence electrons. The largest absolute Gasteiger partial charge is 0.443 e.